The molecule has 6 heteroatoms. The lowest BCUT2D eigenvalue weighted by Crippen LogP contribution is -2.49. The lowest BCUT2D eigenvalue weighted by Gasteiger charge is -2.34. The van der Waals surface area contributed by atoms with Crippen molar-refractivity contribution in [3.8, 4) is 11.5 Å². The summed E-state index contributed by atoms with van der Waals surface area (Å²) in [5, 5.41) is 0. The van der Waals surface area contributed by atoms with E-state index in [9.17, 15) is 4.79 Å². The van der Waals surface area contributed by atoms with E-state index in [0.717, 1.165) is 69.9 Å². The second kappa shape index (κ2) is 8.01. The van der Waals surface area contributed by atoms with Crippen molar-refractivity contribution >= 4 is 5.91 Å². The highest BCUT2D eigenvalue weighted by Crippen LogP contribution is 2.19. The van der Waals surface area contributed by atoms with Gasteiger partial charge in [-0.2, -0.15) is 0 Å². The van der Waals surface area contributed by atoms with E-state index in [1.54, 1.807) is 6.26 Å². The lowest BCUT2D eigenvalue weighted by molar-refractivity contribution is -0.131. The van der Waals surface area contributed by atoms with Crippen LogP contribution >= 0.6 is 0 Å². The molecule has 0 unspecified atom stereocenters. The van der Waals surface area contributed by atoms with Gasteiger partial charge in [-0.15, -0.1) is 0 Å². The number of hydrogen-bond donors (Lipinski definition) is 0. The maximum atomic E-state index is 12.3. The molecule has 2 fully saturated rings. The molecule has 26 heavy (non-hydrogen) atoms. The maximum Gasteiger partial charge on any atom is 0.236 e. The van der Waals surface area contributed by atoms with Crippen LogP contribution < -0.4 is 0 Å². The Labute approximate surface area is 154 Å². The Morgan fingerprint density at radius 2 is 1.65 bits per heavy atom. The predicted octanol–water partition coefficient (Wildman–Crippen LogP) is 2.08. The topological polar surface area (TPSA) is 52.8 Å². The average Bonchev–Trinajstić information content (AvgIpc) is 3.36. The molecule has 3 heterocycles. The Morgan fingerprint density at radius 3 is 2.38 bits per heavy atom. The van der Waals surface area contributed by atoms with Gasteiger partial charge in [-0.25, -0.2) is 4.98 Å². The van der Waals surface area contributed by atoms with Crippen LogP contribution in [0.1, 0.15) is 18.5 Å². The summed E-state index contributed by atoms with van der Waals surface area (Å²) in [7, 11) is 0. The van der Waals surface area contributed by atoms with E-state index in [0.29, 0.717) is 18.3 Å². The van der Waals surface area contributed by atoms with Gasteiger partial charge in [0.15, 0.2) is 0 Å². The van der Waals surface area contributed by atoms with Gasteiger partial charge in [0, 0.05) is 51.4 Å². The number of nitrogens with zero attached hydrogens (tertiary/aromatic N) is 4. The minimum atomic E-state index is 0.292. The van der Waals surface area contributed by atoms with Crippen molar-refractivity contribution in [3.05, 3.63) is 42.3 Å². The molecule has 2 aromatic rings. The number of hydrogen-bond acceptors (Lipinski definition) is 5. The molecule has 2 aliphatic rings. The number of rotatable bonds is 5. The molecule has 0 aliphatic carbocycles. The second-order valence-corrected chi connectivity index (χ2v) is 7.15. The first-order chi connectivity index (χ1) is 12.8. The van der Waals surface area contributed by atoms with Gasteiger partial charge in [-0.3, -0.25) is 14.6 Å². The van der Waals surface area contributed by atoms with Crippen LogP contribution in [0, 0.1) is 0 Å². The smallest absolute Gasteiger partial charge is 0.236 e. The first kappa shape index (κ1) is 17.2. The normalized spacial score (nSPS) is 19.2. The van der Waals surface area contributed by atoms with Crippen LogP contribution in [0.25, 0.3) is 11.5 Å². The highest BCUT2D eigenvalue weighted by atomic mass is 16.3. The summed E-state index contributed by atoms with van der Waals surface area (Å²) in [6, 6.07) is 9.97. The highest BCUT2D eigenvalue weighted by molar-refractivity contribution is 5.78. The van der Waals surface area contributed by atoms with Crippen molar-refractivity contribution in [2.24, 2.45) is 0 Å². The molecule has 1 aromatic heterocycles. The van der Waals surface area contributed by atoms with Crippen LogP contribution in [0.15, 0.2) is 41.0 Å². The van der Waals surface area contributed by atoms with Gasteiger partial charge in [-0.1, -0.05) is 18.2 Å². The Kier molecular flexibility index (Phi) is 5.32. The molecule has 6 nitrogen and oxygen atoms in total. The van der Waals surface area contributed by atoms with Crippen LogP contribution in [-0.4, -0.2) is 71.4 Å². The molecule has 1 aromatic carbocycles. The van der Waals surface area contributed by atoms with Gasteiger partial charge in [0.2, 0.25) is 11.8 Å². The highest BCUT2D eigenvalue weighted by Gasteiger charge is 2.23. The Balaban J connectivity index is 1.25. The van der Waals surface area contributed by atoms with Crippen molar-refractivity contribution in [1.29, 1.82) is 0 Å². The maximum absolute atomic E-state index is 12.3. The van der Waals surface area contributed by atoms with E-state index in [1.807, 2.05) is 35.2 Å². The molecule has 138 valence electrons. The molecule has 0 saturated carbocycles. The minimum Gasteiger partial charge on any atom is -0.444 e. The van der Waals surface area contributed by atoms with Crippen molar-refractivity contribution in [2.45, 2.75) is 19.4 Å². The predicted molar refractivity (Wildman–Crippen MR) is 99.5 cm³/mol. The Bertz CT molecular complexity index is 716. The zero-order valence-corrected chi connectivity index (χ0v) is 15.1. The van der Waals surface area contributed by atoms with E-state index >= 15 is 0 Å². The van der Waals surface area contributed by atoms with Crippen molar-refractivity contribution in [1.82, 2.24) is 19.7 Å². The monoisotopic (exact) mass is 354 g/mol. The standard InChI is InChI=1S/C20H26N4O2/c25-19(24-8-4-5-9-24)15-23-12-10-22(11-13-23)14-18-16-26-20(21-18)17-6-2-1-3-7-17/h1-3,6-7,16H,4-5,8-15H2. The quantitative estimate of drug-likeness (QED) is 0.823. The van der Waals surface area contributed by atoms with Crippen molar-refractivity contribution < 1.29 is 9.21 Å². The number of piperazine rings is 1. The van der Waals surface area contributed by atoms with Gasteiger partial charge in [0.1, 0.15) is 6.26 Å². The van der Waals surface area contributed by atoms with Crippen molar-refractivity contribution in [2.75, 3.05) is 45.8 Å². The summed E-state index contributed by atoms with van der Waals surface area (Å²) in [5.41, 5.74) is 1.97. The number of carbonyl (C=O) groups is 1. The van der Waals surface area contributed by atoms with E-state index in [1.165, 1.54) is 0 Å². The lowest BCUT2D eigenvalue weighted by atomic mass is 10.2. The third-order valence-corrected chi connectivity index (χ3v) is 5.24. The molecule has 2 aliphatic heterocycles. The van der Waals surface area contributed by atoms with Crippen LogP contribution in [0.5, 0.6) is 0 Å². The summed E-state index contributed by atoms with van der Waals surface area (Å²) >= 11 is 0. The van der Waals surface area contributed by atoms with E-state index in [-0.39, 0.29) is 0 Å². The van der Waals surface area contributed by atoms with E-state index < -0.39 is 0 Å². The number of carbonyl (C=O) groups excluding carboxylic acids is 1. The molecular formula is C20H26N4O2. The second-order valence-electron chi connectivity index (χ2n) is 7.15. The number of oxazole rings is 1. The SMILES string of the molecule is O=C(CN1CCN(Cc2coc(-c3ccccc3)n2)CC1)N1CCCC1. The van der Waals surface area contributed by atoms with Gasteiger partial charge < -0.3 is 9.32 Å². The first-order valence-corrected chi connectivity index (χ1v) is 9.50. The number of likely N-dealkylation sites (tertiary alicyclic amines) is 1. The van der Waals surface area contributed by atoms with Gasteiger partial charge in [0.25, 0.3) is 0 Å². The fourth-order valence-electron chi connectivity index (χ4n) is 3.69. The van der Waals surface area contributed by atoms with Crippen LogP contribution in [0.4, 0.5) is 0 Å². The van der Waals surface area contributed by atoms with Crippen LogP contribution in [0.2, 0.25) is 0 Å². The van der Waals surface area contributed by atoms with Gasteiger partial charge in [-0.05, 0) is 25.0 Å². The Hall–Kier alpha value is -2.18. The molecule has 0 atom stereocenters. The summed E-state index contributed by atoms with van der Waals surface area (Å²) < 4.78 is 5.62. The fourth-order valence-corrected chi connectivity index (χ4v) is 3.69. The zero-order valence-electron chi connectivity index (χ0n) is 15.1. The zero-order chi connectivity index (χ0) is 17.8. The number of benzene rings is 1. The van der Waals surface area contributed by atoms with E-state index in [4.69, 9.17) is 4.42 Å². The van der Waals surface area contributed by atoms with Gasteiger partial charge in [0.05, 0.1) is 12.2 Å². The number of amides is 1. The number of aromatic nitrogens is 1. The summed E-state index contributed by atoms with van der Waals surface area (Å²) in [4.78, 5) is 23.5. The van der Waals surface area contributed by atoms with Crippen LogP contribution in [0.3, 0.4) is 0 Å². The summed E-state index contributed by atoms with van der Waals surface area (Å²) in [6.07, 6.45) is 4.07. The Morgan fingerprint density at radius 1 is 0.962 bits per heavy atom. The molecule has 0 spiro atoms. The van der Waals surface area contributed by atoms with Gasteiger partial charge >= 0.3 is 0 Å². The summed E-state index contributed by atoms with van der Waals surface area (Å²) in [6.45, 7) is 7.02. The third-order valence-electron chi connectivity index (χ3n) is 5.24. The molecular weight excluding hydrogens is 328 g/mol. The average molecular weight is 354 g/mol. The molecule has 2 saturated heterocycles. The largest absolute Gasteiger partial charge is 0.444 e. The molecule has 0 N–H and O–H groups in total. The third kappa shape index (κ3) is 4.14. The molecule has 4 rings (SSSR count). The minimum absolute atomic E-state index is 0.292. The van der Waals surface area contributed by atoms with Crippen LogP contribution in [-0.2, 0) is 11.3 Å². The molecule has 0 bridgehead atoms. The van der Waals surface area contributed by atoms with Crippen molar-refractivity contribution in [3.63, 3.8) is 0 Å². The first-order valence-electron chi connectivity index (χ1n) is 9.50. The van der Waals surface area contributed by atoms with E-state index in [2.05, 4.69) is 14.8 Å². The molecule has 0 radical (unpaired) electrons. The molecule has 1 amide bonds. The summed E-state index contributed by atoms with van der Waals surface area (Å²) in [5.74, 6) is 0.968. The fraction of sp³-hybridized carbons (Fsp3) is 0.500.